The molecule has 4 heteroatoms. The number of rotatable bonds is 9. The van der Waals surface area contributed by atoms with Crippen molar-refractivity contribution in [2.45, 2.75) is 45.6 Å². The molecule has 0 radical (unpaired) electrons. The zero-order valence-electron chi connectivity index (χ0n) is 16.4. The molecule has 0 aromatic heterocycles. The summed E-state index contributed by atoms with van der Waals surface area (Å²) in [6.45, 7) is 6.24. The number of hydrogen-bond donors (Lipinski definition) is 2. The van der Waals surface area contributed by atoms with Crippen molar-refractivity contribution in [1.29, 1.82) is 0 Å². The lowest BCUT2D eigenvalue weighted by atomic mass is 9.88. The predicted octanol–water partition coefficient (Wildman–Crippen LogP) is 3.88. The van der Waals surface area contributed by atoms with Gasteiger partial charge < -0.3 is 10.6 Å². The second-order valence-electron chi connectivity index (χ2n) is 7.34. The Bertz CT molecular complexity index is 674. The van der Waals surface area contributed by atoms with Crippen LogP contribution >= 0.6 is 0 Å². The van der Waals surface area contributed by atoms with Crippen molar-refractivity contribution < 1.29 is 9.59 Å². The summed E-state index contributed by atoms with van der Waals surface area (Å²) in [4.78, 5) is 24.1. The Morgan fingerprint density at radius 1 is 0.852 bits per heavy atom. The molecule has 1 unspecified atom stereocenters. The molecule has 2 aromatic rings. The highest BCUT2D eigenvalue weighted by atomic mass is 16.2. The maximum absolute atomic E-state index is 12.3. The van der Waals surface area contributed by atoms with Crippen LogP contribution in [0.15, 0.2) is 60.7 Å². The molecular formula is C23H30N2O2. The minimum absolute atomic E-state index is 0.0842. The molecule has 144 valence electrons. The van der Waals surface area contributed by atoms with Gasteiger partial charge in [0.25, 0.3) is 0 Å². The minimum atomic E-state index is -0.525. The van der Waals surface area contributed by atoms with Gasteiger partial charge >= 0.3 is 0 Å². The van der Waals surface area contributed by atoms with E-state index in [1.165, 1.54) is 11.1 Å². The van der Waals surface area contributed by atoms with Crippen molar-refractivity contribution in [1.82, 2.24) is 10.6 Å². The van der Waals surface area contributed by atoms with Gasteiger partial charge in [-0.1, -0.05) is 74.5 Å². The second kappa shape index (κ2) is 10.5. The highest BCUT2D eigenvalue weighted by molar-refractivity contribution is 5.87. The van der Waals surface area contributed by atoms with E-state index in [4.69, 9.17) is 0 Å². The van der Waals surface area contributed by atoms with E-state index in [-0.39, 0.29) is 23.7 Å². The van der Waals surface area contributed by atoms with Gasteiger partial charge in [-0.05, 0) is 30.4 Å². The maximum atomic E-state index is 12.3. The molecule has 1 atom stereocenters. The van der Waals surface area contributed by atoms with E-state index < -0.39 is 6.04 Å². The first kappa shape index (κ1) is 20.7. The fraction of sp³-hybridized carbons (Fsp3) is 0.391. The molecule has 0 bridgehead atoms. The van der Waals surface area contributed by atoms with Gasteiger partial charge in [0.1, 0.15) is 6.04 Å². The Labute approximate surface area is 162 Å². The molecular weight excluding hydrogens is 336 g/mol. The Balaban J connectivity index is 1.92. The molecule has 0 aliphatic carbocycles. The second-order valence-corrected chi connectivity index (χ2v) is 7.34. The van der Waals surface area contributed by atoms with Crippen LogP contribution in [0.2, 0.25) is 0 Å². The van der Waals surface area contributed by atoms with E-state index in [0.717, 1.165) is 6.42 Å². The molecule has 0 aliphatic heterocycles. The van der Waals surface area contributed by atoms with Crippen molar-refractivity contribution in [3.8, 4) is 0 Å². The van der Waals surface area contributed by atoms with Crippen LogP contribution in [0.3, 0.4) is 0 Å². The molecule has 0 saturated carbocycles. The number of amides is 2. The van der Waals surface area contributed by atoms with Crippen molar-refractivity contribution in [3.05, 3.63) is 71.8 Å². The van der Waals surface area contributed by atoms with Crippen LogP contribution < -0.4 is 10.6 Å². The molecule has 0 aliphatic rings. The highest BCUT2D eigenvalue weighted by Crippen LogP contribution is 2.27. The number of benzene rings is 2. The first-order valence-electron chi connectivity index (χ1n) is 9.64. The maximum Gasteiger partial charge on any atom is 0.242 e. The molecule has 0 spiro atoms. The lowest BCUT2D eigenvalue weighted by Gasteiger charge is -2.20. The van der Waals surface area contributed by atoms with Gasteiger partial charge in [0.2, 0.25) is 11.8 Å². The molecule has 2 N–H and O–H groups in total. The molecule has 0 heterocycles. The summed E-state index contributed by atoms with van der Waals surface area (Å²) in [6, 6.07) is 20.1. The van der Waals surface area contributed by atoms with Gasteiger partial charge in [0.05, 0.1) is 0 Å². The normalized spacial score (nSPS) is 12.0. The summed E-state index contributed by atoms with van der Waals surface area (Å²) >= 11 is 0. The Morgan fingerprint density at radius 3 is 1.85 bits per heavy atom. The number of nitrogens with one attached hydrogen (secondary N) is 2. The molecule has 0 saturated heterocycles. The lowest BCUT2D eigenvalue weighted by Crippen LogP contribution is -2.45. The SMILES string of the molecule is CC(C)CC(=O)NC(C)C(=O)NCCC(c1ccccc1)c1ccccc1. The van der Waals surface area contributed by atoms with Crippen LogP contribution in [-0.2, 0) is 9.59 Å². The highest BCUT2D eigenvalue weighted by Gasteiger charge is 2.18. The quantitative estimate of drug-likeness (QED) is 0.708. The van der Waals surface area contributed by atoms with Gasteiger partial charge in [0.15, 0.2) is 0 Å². The van der Waals surface area contributed by atoms with E-state index >= 15 is 0 Å². The number of hydrogen-bond acceptors (Lipinski definition) is 2. The van der Waals surface area contributed by atoms with Crippen molar-refractivity contribution >= 4 is 11.8 Å². The van der Waals surface area contributed by atoms with Crippen molar-refractivity contribution in [3.63, 3.8) is 0 Å². The summed E-state index contributed by atoms with van der Waals surface area (Å²) in [7, 11) is 0. The van der Waals surface area contributed by atoms with Gasteiger partial charge in [-0.15, -0.1) is 0 Å². The van der Waals surface area contributed by atoms with Crippen LogP contribution in [-0.4, -0.2) is 24.4 Å². The predicted molar refractivity (Wildman–Crippen MR) is 109 cm³/mol. The Kier molecular flexibility index (Phi) is 8.05. The van der Waals surface area contributed by atoms with E-state index in [2.05, 4.69) is 34.9 Å². The first-order chi connectivity index (χ1) is 13.0. The van der Waals surface area contributed by atoms with E-state index in [9.17, 15) is 9.59 Å². The zero-order chi connectivity index (χ0) is 19.6. The zero-order valence-corrected chi connectivity index (χ0v) is 16.4. The third-order valence-corrected chi connectivity index (χ3v) is 4.50. The molecule has 4 nitrogen and oxygen atoms in total. The Morgan fingerprint density at radius 2 is 1.37 bits per heavy atom. The third kappa shape index (κ3) is 6.89. The number of carbonyl (C=O) groups excluding carboxylic acids is 2. The van der Waals surface area contributed by atoms with Gasteiger partial charge in [-0.3, -0.25) is 9.59 Å². The lowest BCUT2D eigenvalue weighted by molar-refractivity contribution is -0.128. The standard InChI is InChI=1S/C23H30N2O2/c1-17(2)16-22(26)25-18(3)23(27)24-15-14-21(19-10-6-4-7-11-19)20-12-8-5-9-13-20/h4-13,17-18,21H,14-16H2,1-3H3,(H,24,27)(H,25,26). The van der Waals surface area contributed by atoms with Crippen LogP contribution in [0.1, 0.15) is 50.7 Å². The summed E-state index contributed by atoms with van der Waals surface area (Å²) in [6.07, 6.45) is 1.23. The average molecular weight is 367 g/mol. The van der Waals surface area contributed by atoms with Gasteiger partial charge in [-0.25, -0.2) is 0 Å². The molecule has 2 amide bonds. The average Bonchev–Trinajstić information content (AvgIpc) is 2.65. The van der Waals surface area contributed by atoms with Crippen LogP contribution in [0.25, 0.3) is 0 Å². The smallest absolute Gasteiger partial charge is 0.242 e. The first-order valence-corrected chi connectivity index (χ1v) is 9.64. The fourth-order valence-corrected chi connectivity index (χ4v) is 3.13. The van der Waals surface area contributed by atoms with Gasteiger partial charge in [-0.2, -0.15) is 0 Å². The fourth-order valence-electron chi connectivity index (χ4n) is 3.13. The molecule has 2 aromatic carbocycles. The summed E-state index contributed by atoms with van der Waals surface area (Å²) in [5, 5.41) is 5.72. The monoisotopic (exact) mass is 366 g/mol. The minimum Gasteiger partial charge on any atom is -0.354 e. The molecule has 27 heavy (non-hydrogen) atoms. The molecule has 0 fully saturated rings. The summed E-state index contributed by atoms with van der Waals surface area (Å²) in [5.41, 5.74) is 2.47. The van der Waals surface area contributed by atoms with Crippen molar-refractivity contribution in [2.75, 3.05) is 6.54 Å². The van der Waals surface area contributed by atoms with Crippen LogP contribution in [0.5, 0.6) is 0 Å². The largest absolute Gasteiger partial charge is 0.354 e. The Hall–Kier alpha value is -2.62. The third-order valence-electron chi connectivity index (χ3n) is 4.50. The van der Waals surface area contributed by atoms with E-state index in [1.807, 2.05) is 50.2 Å². The van der Waals surface area contributed by atoms with E-state index in [1.54, 1.807) is 6.92 Å². The molecule has 2 rings (SSSR count). The number of carbonyl (C=O) groups is 2. The topological polar surface area (TPSA) is 58.2 Å². The van der Waals surface area contributed by atoms with Crippen molar-refractivity contribution in [2.24, 2.45) is 5.92 Å². The summed E-state index contributed by atoms with van der Waals surface area (Å²) in [5.74, 6) is 0.266. The van der Waals surface area contributed by atoms with E-state index in [0.29, 0.717) is 13.0 Å². The summed E-state index contributed by atoms with van der Waals surface area (Å²) < 4.78 is 0. The van der Waals surface area contributed by atoms with Gasteiger partial charge in [0, 0.05) is 18.9 Å². The van der Waals surface area contributed by atoms with Crippen LogP contribution in [0, 0.1) is 5.92 Å². The van der Waals surface area contributed by atoms with Crippen LogP contribution in [0.4, 0.5) is 0 Å².